The van der Waals surface area contributed by atoms with Crippen LogP contribution in [0.5, 0.6) is 5.75 Å². The predicted octanol–water partition coefficient (Wildman–Crippen LogP) is 5.88. The summed E-state index contributed by atoms with van der Waals surface area (Å²) >= 11 is 0. The summed E-state index contributed by atoms with van der Waals surface area (Å²) in [5.74, 6) is 0.410. The van der Waals surface area contributed by atoms with E-state index >= 15 is 0 Å². The summed E-state index contributed by atoms with van der Waals surface area (Å²) in [7, 11) is 0. The fourth-order valence-electron chi connectivity index (χ4n) is 5.85. The highest BCUT2D eigenvalue weighted by atomic mass is 16.5. The molecule has 7 nitrogen and oxygen atoms in total. The maximum atomic E-state index is 13.1. The van der Waals surface area contributed by atoms with Gasteiger partial charge in [-0.2, -0.15) is 0 Å². The van der Waals surface area contributed by atoms with Crippen molar-refractivity contribution in [2.75, 3.05) is 11.9 Å². The van der Waals surface area contributed by atoms with E-state index < -0.39 is 0 Å². The van der Waals surface area contributed by atoms with Gasteiger partial charge in [-0.25, -0.2) is 0 Å². The Hall–Kier alpha value is -4.49. The van der Waals surface area contributed by atoms with Gasteiger partial charge >= 0.3 is 0 Å². The SMILES string of the molecule is CC(C)(Cc1cccnc1)C1C(=O)Nc2ccc(-c3cncc(OC[C@@H](N)Cc4c[nH]c5ccccc45)c3)cc21. The fourth-order valence-corrected chi connectivity index (χ4v) is 5.85. The van der Waals surface area contributed by atoms with Crippen molar-refractivity contribution in [3.63, 3.8) is 0 Å². The number of H-pyrrole nitrogens is 1. The molecular formula is C33H33N5O2. The lowest BCUT2D eigenvalue weighted by Gasteiger charge is -2.30. The van der Waals surface area contributed by atoms with Crippen molar-refractivity contribution in [3.05, 3.63) is 108 Å². The van der Waals surface area contributed by atoms with Gasteiger partial charge in [0.25, 0.3) is 0 Å². The van der Waals surface area contributed by atoms with Crippen molar-refractivity contribution in [2.45, 2.75) is 38.6 Å². The van der Waals surface area contributed by atoms with Crippen molar-refractivity contribution >= 4 is 22.5 Å². The van der Waals surface area contributed by atoms with Crippen molar-refractivity contribution in [1.82, 2.24) is 15.0 Å². The lowest BCUT2D eigenvalue weighted by atomic mass is 9.71. The lowest BCUT2D eigenvalue weighted by molar-refractivity contribution is -0.119. The molecule has 202 valence electrons. The van der Waals surface area contributed by atoms with E-state index in [0.717, 1.165) is 39.9 Å². The van der Waals surface area contributed by atoms with Crippen LogP contribution in [0.25, 0.3) is 22.0 Å². The third kappa shape index (κ3) is 5.20. The van der Waals surface area contributed by atoms with Gasteiger partial charge in [0.05, 0.1) is 12.1 Å². The number of hydrogen-bond donors (Lipinski definition) is 3. The Labute approximate surface area is 233 Å². The van der Waals surface area contributed by atoms with E-state index in [0.29, 0.717) is 18.8 Å². The van der Waals surface area contributed by atoms with Crippen molar-refractivity contribution in [2.24, 2.45) is 11.1 Å². The van der Waals surface area contributed by atoms with Crippen LogP contribution in [-0.2, 0) is 17.6 Å². The largest absolute Gasteiger partial charge is 0.490 e. The highest BCUT2D eigenvalue weighted by Crippen LogP contribution is 2.46. The maximum Gasteiger partial charge on any atom is 0.232 e. The number of pyridine rings is 2. The van der Waals surface area contributed by atoms with Crippen LogP contribution in [0.15, 0.2) is 91.6 Å². The van der Waals surface area contributed by atoms with Crippen LogP contribution in [0.4, 0.5) is 5.69 Å². The molecule has 0 fully saturated rings. The van der Waals surface area contributed by atoms with Crippen LogP contribution in [0.1, 0.15) is 36.5 Å². The summed E-state index contributed by atoms with van der Waals surface area (Å²) in [6.45, 7) is 4.65. The number of nitrogens with one attached hydrogen (secondary N) is 2. The molecule has 0 bridgehead atoms. The minimum atomic E-state index is -0.304. The standard InChI is InChI=1S/C33H33N5O2/c1-33(2,15-21-6-5-11-35-16-21)31-28-14-22(9-10-30(28)38-32(31)39)23-13-26(19-36-17-23)40-20-25(34)12-24-18-37-29-8-4-3-7-27(24)29/h3-11,13-14,16-19,25,31,37H,12,15,20,34H2,1-2H3,(H,38,39)/t25-,31?/m0/s1. The third-order valence-electron chi connectivity index (χ3n) is 7.71. The Morgan fingerprint density at radius 1 is 1.00 bits per heavy atom. The molecule has 1 amide bonds. The zero-order chi connectivity index (χ0) is 27.7. The number of anilines is 1. The maximum absolute atomic E-state index is 13.1. The quantitative estimate of drug-likeness (QED) is 0.220. The molecule has 0 radical (unpaired) electrons. The summed E-state index contributed by atoms with van der Waals surface area (Å²) in [5, 5.41) is 4.27. The Kier molecular flexibility index (Phi) is 6.82. The first-order chi connectivity index (χ1) is 19.4. The molecule has 1 aliphatic rings. The summed E-state index contributed by atoms with van der Waals surface area (Å²) < 4.78 is 6.07. The lowest BCUT2D eigenvalue weighted by Crippen LogP contribution is -2.30. The molecule has 0 saturated carbocycles. The highest BCUT2D eigenvalue weighted by Gasteiger charge is 2.42. The van der Waals surface area contributed by atoms with Crippen LogP contribution in [0.2, 0.25) is 0 Å². The molecule has 2 atom stereocenters. The molecule has 4 heterocycles. The van der Waals surface area contributed by atoms with Crippen LogP contribution in [0.3, 0.4) is 0 Å². The molecule has 1 unspecified atom stereocenters. The molecule has 40 heavy (non-hydrogen) atoms. The van der Waals surface area contributed by atoms with E-state index in [1.165, 1.54) is 10.9 Å². The Morgan fingerprint density at radius 2 is 1.88 bits per heavy atom. The normalized spacial score (nSPS) is 15.6. The number of ether oxygens (including phenoxy) is 1. The molecule has 0 spiro atoms. The topological polar surface area (TPSA) is 106 Å². The van der Waals surface area contributed by atoms with Gasteiger partial charge in [0.15, 0.2) is 0 Å². The summed E-state index contributed by atoms with van der Waals surface area (Å²) in [6.07, 6.45) is 10.6. The Morgan fingerprint density at radius 3 is 2.73 bits per heavy atom. The Bertz CT molecular complexity index is 1660. The number of rotatable bonds is 9. The van der Waals surface area contributed by atoms with Crippen LogP contribution in [0, 0.1) is 5.41 Å². The predicted molar refractivity (Wildman–Crippen MR) is 158 cm³/mol. The number of para-hydroxylation sites is 1. The number of amides is 1. The van der Waals surface area contributed by atoms with Crippen molar-refractivity contribution in [3.8, 4) is 16.9 Å². The van der Waals surface area contributed by atoms with E-state index in [2.05, 4.69) is 58.4 Å². The van der Waals surface area contributed by atoms with Crippen molar-refractivity contribution < 1.29 is 9.53 Å². The van der Waals surface area contributed by atoms with Gasteiger partial charge in [0.1, 0.15) is 12.4 Å². The minimum Gasteiger partial charge on any atom is -0.490 e. The number of aromatic amines is 1. The van der Waals surface area contributed by atoms with Gasteiger partial charge < -0.3 is 20.8 Å². The second-order valence-corrected chi connectivity index (χ2v) is 11.3. The van der Waals surface area contributed by atoms with E-state index in [1.54, 1.807) is 12.4 Å². The monoisotopic (exact) mass is 531 g/mol. The van der Waals surface area contributed by atoms with Crippen LogP contribution < -0.4 is 15.8 Å². The first-order valence-electron chi connectivity index (χ1n) is 13.6. The Balaban J connectivity index is 1.17. The van der Waals surface area contributed by atoms with Crippen LogP contribution >= 0.6 is 0 Å². The number of benzene rings is 2. The molecule has 0 aliphatic carbocycles. The molecule has 3 aromatic heterocycles. The van der Waals surface area contributed by atoms with Gasteiger partial charge in [-0.05, 0) is 70.8 Å². The van der Waals surface area contributed by atoms with Gasteiger partial charge in [-0.1, -0.05) is 44.2 Å². The molecule has 6 rings (SSSR count). The molecule has 7 heteroatoms. The molecule has 2 aromatic carbocycles. The van der Waals surface area contributed by atoms with E-state index in [1.807, 2.05) is 55.0 Å². The highest BCUT2D eigenvalue weighted by molar-refractivity contribution is 6.04. The molecule has 0 saturated heterocycles. The zero-order valence-corrected chi connectivity index (χ0v) is 22.7. The summed E-state index contributed by atoms with van der Waals surface area (Å²) in [4.78, 5) is 25.1. The first-order valence-corrected chi connectivity index (χ1v) is 13.6. The molecular weight excluding hydrogens is 498 g/mol. The second-order valence-electron chi connectivity index (χ2n) is 11.3. The first kappa shape index (κ1) is 25.8. The van der Waals surface area contributed by atoms with Crippen LogP contribution in [-0.4, -0.2) is 33.5 Å². The average molecular weight is 532 g/mol. The smallest absolute Gasteiger partial charge is 0.232 e. The van der Waals surface area contributed by atoms with E-state index in [4.69, 9.17) is 10.5 Å². The number of nitrogens with zero attached hydrogens (tertiary/aromatic N) is 2. The average Bonchev–Trinajstić information content (AvgIpc) is 3.52. The summed E-state index contributed by atoms with van der Waals surface area (Å²) in [5.41, 5.74) is 13.3. The zero-order valence-electron chi connectivity index (χ0n) is 22.7. The number of hydrogen-bond acceptors (Lipinski definition) is 5. The van der Waals surface area contributed by atoms with E-state index in [9.17, 15) is 4.79 Å². The van der Waals surface area contributed by atoms with Crippen molar-refractivity contribution in [1.29, 1.82) is 0 Å². The van der Waals surface area contributed by atoms with E-state index in [-0.39, 0.29) is 23.3 Å². The molecule has 4 N–H and O–H groups in total. The second kappa shape index (κ2) is 10.6. The van der Waals surface area contributed by atoms with Gasteiger partial charge in [0.2, 0.25) is 5.91 Å². The fraction of sp³-hybridized carbons (Fsp3) is 0.242. The number of aromatic nitrogens is 3. The van der Waals surface area contributed by atoms with Gasteiger partial charge in [-0.3, -0.25) is 14.8 Å². The van der Waals surface area contributed by atoms with Gasteiger partial charge in [-0.15, -0.1) is 0 Å². The number of carbonyl (C=O) groups excluding carboxylic acids is 1. The minimum absolute atomic E-state index is 0.0282. The summed E-state index contributed by atoms with van der Waals surface area (Å²) in [6, 6.07) is 20.1. The molecule has 1 aliphatic heterocycles. The number of fused-ring (bicyclic) bond motifs is 2. The third-order valence-corrected chi connectivity index (χ3v) is 7.71. The number of nitrogens with two attached hydrogens (primary N) is 1. The van der Waals surface area contributed by atoms with Gasteiger partial charge in [0, 0.05) is 53.0 Å². The molecule has 5 aromatic rings. The number of carbonyl (C=O) groups is 1.